The van der Waals surface area contributed by atoms with Crippen molar-refractivity contribution in [1.82, 2.24) is 14.9 Å². The summed E-state index contributed by atoms with van der Waals surface area (Å²) in [4.78, 5) is 25.4. The summed E-state index contributed by atoms with van der Waals surface area (Å²) in [5, 5.41) is 0.345. The third-order valence-corrected chi connectivity index (χ3v) is 4.96. The molecule has 2 heterocycles. The molecule has 0 atom stereocenters. The van der Waals surface area contributed by atoms with Gasteiger partial charge in [0.05, 0.1) is 5.56 Å². The van der Waals surface area contributed by atoms with Gasteiger partial charge in [-0.25, -0.2) is 14.4 Å². The summed E-state index contributed by atoms with van der Waals surface area (Å²) in [5.41, 5.74) is 0.962. The fraction of sp³-hybridized carbons (Fsp3) is 0.190. The molecule has 7 heteroatoms. The Labute approximate surface area is 167 Å². The summed E-state index contributed by atoms with van der Waals surface area (Å²) >= 11 is 5.91. The molecule has 0 aliphatic carbocycles. The minimum absolute atomic E-state index is 0.00866. The standard InChI is InChI=1S/C21H18ClFN4O/c22-16-6-7-18(23)17(14-16)21(28)27-12-10-26(11-13-27)19-8-9-24-20(25-19)15-4-2-1-3-5-15/h1-9,14H,10-13H2. The van der Waals surface area contributed by atoms with Gasteiger partial charge in [0.1, 0.15) is 11.6 Å². The van der Waals surface area contributed by atoms with Gasteiger partial charge in [0, 0.05) is 43.0 Å². The van der Waals surface area contributed by atoms with E-state index in [1.54, 1.807) is 11.1 Å². The minimum Gasteiger partial charge on any atom is -0.353 e. The summed E-state index contributed by atoms with van der Waals surface area (Å²) in [7, 11) is 0. The highest BCUT2D eigenvalue weighted by atomic mass is 35.5. The van der Waals surface area contributed by atoms with Crippen molar-refractivity contribution in [3.8, 4) is 11.4 Å². The van der Waals surface area contributed by atoms with E-state index < -0.39 is 5.82 Å². The summed E-state index contributed by atoms with van der Waals surface area (Å²) in [6, 6.07) is 15.7. The van der Waals surface area contributed by atoms with Crippen molar-refractivity contribution in [1.29, 1.82) is 0 Å². The Kier molecular flexibility index (Phi) is 5.21. The Bertz CT molecular complexity index is 991. The molecule has 28 heavy (non-hydrogen) atoms. The van der Waals surface area contributed by atoms with Crippen LogP contribution in [0.2, 0.25) is 5.02 Å². The molecule has 0 bridgehead atoms. The monoisotopic (exact) mass is 396 g/mol. The normalized spacial score (nSPS) is 14.2. The van der Waals surface area contributed by atoms with Crippen LogP contribution in [0.1, 0.15) is 10.4 Å². The van der Waals surface area contributed by atoms with Gasteiger partial charge in [-0.15, -0.1) is 0 Å². The van der Waals surface area contributed by atoms with Crippen LogP contribution in [0.5, 0.6) is 0 Å². The molecule has 4 rings (SSSR count). The first-order chi connectivity index (χ1) is 13.6. The Hall–Kier alpha value is -2.99. The summed E-state index contributed by atoms with van der Waals surface area (Å²) in [6.07, 6.45) is 1.74. The molecule has 5 nitrogen and oxygen atoms in total. The number of aromatic nitrogens is 2. The zero-order valence-electron chi connectivity index (χ0n) is 15.1. The van der Waals surface area contributed by atoms with Crippen molar-refractivity contribution in [2.24, 2.45) is 0 Å². The van der Waals surface area contributed by atoms with Gasteiger partial charge in [0.2, 0.25) is 0 Å². The highest BCUT2D eigenvalue weighted by Gasteiger charge is 2.25. The van der Waals surface area contributed by atoms with E-state index in [4.69, 9.17) is 11.6 Å². The lowest BCUT2D eigenvalue weighted by atomic mass is 10.1. The lowest BCUT2D eigenvalue weighted by Crippen LogP contribution is -2.49. The number of rotatable bonds is 3. The maximum absolute atomic E-state index is 14.0. The molecule has 142 valence electrons. The molecule has 0 radical (unpaired) electrons. The average Bonchev–Trinajstić information content (AvgIpc) is 2.76. The van der Waals surface area contributed by atoms with Crippen molar-refractivity contribution in [3.63, 3.8) is 0 Å². The van der Waals surface area contributed by atoms with E-state index in [-0.39, 0.29) is 11.5 Å². The number of carbonyl (C=O) groups excluding carboxylic acids is 1. The quantitative estimate of drug-likeness (QED) is 0.673. The molecule has 1 aliphatic rings. The van der Waals surface area contributed by atoms with Gasteiger partial charge < -0.3 is 9.80 Å². The first-order valence-corrected chi connectivity index (χ1v) is 9.37. The number of hydrogen-bond donors (Lipinski definition) is 0. The molecule has 1 saturated heterocycles. The van der Waals surface area contributed by atoms with Gasteiger partial charge >= 0.3 is 0 Å². The first kappa shape index (κ1) is 18.4. The second kappa shape index (κ2) is 7.94. The number of carbonyl (C=O) groups is 1. The van der Waals surface area contributed by atoms with E-state index in [1.807, 2.05) is 36.4 Å². The van der Waals surface area contributed by atoms with Crippen molar-refractivity contribution < 1.29 is 9.18 Å². The zero-order valence-corrected chi connectivity index (χ0v) is 15.8. The summed E-state index contributed by atoms with van der Waals surface area (Å²) in [5.74, 6) is 0.583. The molecule has 1 fully saturated rings. The van der Waals surface area contributed by atoms with Gasteiger partial charge in [0.25, 0.3) is 5.91 Å². The second-order valence-electron chi connectivity index (χ2n) is 6.51. The zero-order chi connectivity index (χ0) is 19.5. The van der Waals surface area contributed by atoms with Crippen LogP contribution >= 0.6 is 11.6 Å². The van der Waals surface area contributed by atoms with E-state index in [0.29, 0.717) is 37.0 Å². The van der Waals surface area contributed by atoms with Crippen LogP contribution in [0.4, 0.5) is 10.2 Å². The summed E-state index contributed by atoms with van der Waals surface area (Å²) in [6.45, 7) is 2.18. The third kappa shape index (κ3) is 3.82. The van der Waals surface area contributed by atoms with Crippen molar-refractivity contribution in [3.05, 3.63) is 77.2 Å². The molecule has 2 aromatic carbocycles. The fourth-order valence-electron chi connectivity index (χ4n) is 3.22. The van der Waals surface area contributed by atoms with Gasteiger partial charge in [-0.05, 0) is 24.3 Å². The first-order valence-electron chi connectivity index (χ1n) is 8.99. The van der Waals surface area contributed by atoms with Crippen LogP contribution in [0, 0.1) is 5.82 Å². The predicted molar refractivity (Wildman–Crippen MR) is 107 cm³/mol. The van der Waals surface area contributed by atoms with E-state index in [2.05, 4.69) is 14.9 Å². The SMILES string of the molecule is O=C(c1cc(Cl)ccc1F)N1CCN(c2ccnc(-c3ccccc3)n2)CC1. The lowest BCUT2D eigenvalue weighted by molar-refractivity contribution is 0.0742. The Balaban J connectivity index is 1.46. The maximum atomic E-state index is 14.0. The Morgan fingerprint density at radius 2 is 1.75 bits per heavy atom. The Morgan fingerprint density at radius 1 is 1.00 bits per heavy atom. The van der Waals surface area contributed by atoms with Crippen LogP contribution in [-0.2, 0) is 0 Å². The minimum atomic E-state index is -0.555. The van der Waals surface area contributed by atoms with Gasteiger partial charge in [-0.3, -0.25) is 4.79 Å². The van der Waals surface area contributed by atoms with Crippen LogP contribution in [0.3, 0.4) is 0 Å². The van der Waals surface area contributed by atoms with E-state index in [0.717, 1.165) is 11.4 Å². The predicted octanol–water partition coefficient (Wildman–Crippen LogP) is 3.90. The third-order valence-electron chi connectivity index (χ3n) is 4.72. The van der Waals surface area contributed by atoms with Crippen LogP contribution in [-0.4, -0.2) is 47.0 Å². The van der Waals surface area contributed by atoms with Gasteiger partial charge in [-0.2, -0.15) is 0 Å². The van der Waals surface area contributed by atoms with E-state index in [1.165, 1.54) is 18.2 Å². The molecule has 0 N–H and O–H groups in total. The van der Waals surface area contributed by atoms with Gasteiger partial charge in [-0.1, -0.05) is 41.9 Å². The molecule has 0 spiro atoms. The second-order valence-corrected chi connectivity index (χ2v) is 6.94. The van der Waals surface area contributed by atoms with E-state index >= 15 is 0 Å². The number of benzene rings is 2. The number of halogens is 2. The average molecular weight is 397 g/mol. The van der Waals surface area contributed by atoms with E-state index in [9.17, 15) is 9.18 Å². The van der Waals surface area contributed by atoms with Crippen LogP contribution in [0.15, 0.2) is 60.8 Å². The van der Waals surface area contributed by atoms with Crippen molar-refractivity contribution in [2.45, 2.75) is 0 Å². The Morgan fingerprint density at radius 3 is 2.50 bits per heavy atom. The molecule has 1 aromatic heterocycles. The largest absolute Gasteiger partial charge is 0.353 e. The lowest BCUT2D eigenvalue weighted by Gasteiger charge is -2.35. The molecular formula is C21H18ClFN4O. The fourth-order valence-corrected chi connectivity index (χ4v) is 3.39. The molecule has 1 aliphatic heterocycles. The molecule has 0 unspecified atom stereocenters. The summed E-state index contributed by atoms with van der Waals surface area (Å²) < 4.78 is 14.0. The maximum Gasteiger partial charge on any atom is 0.257 e. The smallest absolute Gasteiger partial charge is 0.257 e. The molecule has 3 aromatic rings. The highest BCUT2D eigenvalue weighted by molar-refractivity contribution is 6.31. The number of hydrogen-bond acceptors (Lipinski definition) is 4. The van der Waals surface area contributed by atoms with Gasteiger partial charge in [0.15, 0.2) is 5.82 Å². The van der Waals surface area contributed by atoms with Crippen LogP contribution < -0.4 is 4.90 Å². The highest BCUT2D eigenvalue weighted by Crippen LogP contribution is 2.21. The molecule has 0 saturated carbocycles. The number of amides is 1. The van der Waals surface area contributed by atoms with Crippen molar-refractivity contribution >= 4 is 23.3 Å². The molecular weight excluding hydrogens is 379 g/mol. The number of piperazine rings is 1. The topological polar surface area (TPSA) is 49.3 Å². The van der Waals surface area contributed by atoms with Crippen molar-refractivity contribution in [2.75, 3.05) is 31.1 Å². The molecule has 1 amide bonds. The number of nitrogens with zero attached hydrogens (tertiary/aromatic N) is 4. The number of anilines is 1. The van der Waals surface area contributed by atoms with Crippen LogP contribution in [0.25, 0.3) is 11.4 Å².